The van der Waals surface area contributed by atoms with E-state index in [1.807, 2.05) is 0 Å². The second-order valence-electron chi connectivity index (χ2n) is 21.0. The molecular weight excluding hydrogens is 877 g/mol. The van der Waals surface area contributed by atoms with E-state index in [2.05, 4.69) is 69.4 Å². The highest BCUT2D eigenvalue weighted by atomic mass is 16.6. The molecule has 0 aromatic rings. The highest BCUT2D eigenvalue weighted by molar-refractivity contribution is 5.71. The van der Waals surface area contributed by atoms with Crippen molar-refractivity contribution in [2.24, 2.45) is 0 Å². The molecule has 71 heavy (non-hydrogen) atoms. The molecule has 0 bridgehead atoms. The lowest BCUT2D eigenvalue weighted by Crippen LogP contribution is -2.30. The van der Waals surface area contributed by atoms with E-state index in [9.17, 15) is 14.4 Å². The average molecular weight is 996 g/mol. The Bertz CT molecular complexity index is 1230. The molecule has 0 aromatic heterocycles. The Kier molecular flexibility index (Phi) is 57.7. The Morgan fingerprint density at radius 2 is 0.549 bits per heavy atom. The highest BCUT2D eigenvalue weighted by Crippen LogP contribution is 2.17. The molecule has 0 N–H and O–H groups in total. The predicted molar refractivity (Wildman–Crippen MR) is 307 cm³/mol. The average Bonchev–Trinajstić information content (AvgIpc) is 3.37. The first kappa shape index (κ1) is 68.4. The number of unbranched alkanes of at least 4 members (excludes halogenated alkanes) is 38. The minimum absolute atomic E-state index is 0.0743. The number of hydrogen-bond acceptors (Lipinski definition) is 6. The zero-order valence-corrected chi connectivity index (χ0v) is 47.5. The van der Waals surface area contributed by atoms with E-state index in [-0.39, 0.29) is 31.1 Å². The Morgan fingerprint density at radius 3 is 0.859 bits per heavy atom. The van der Waals surface area contributed by atoms with Gasteiger partial charge in [-0.3, -0.25) is 14.4 Å². The molecule has 0 saturated carbocycles. The van der Waals surface area contributed by atoms with Crippen LogP contribution >= 0.6 is 0 Å². The Hall–Kier alpha value is -2.63. The van der Waals surface area contributed by atoms with Gasteiger partial charge in [-0.25, -0.2) is 0 Å². The van der Waals surface area contributed by atoms with E-state index >= 15 is 0 Å². The van der Waals surface area contributed by atoms with Crippen LogP contribution < -0.4 is 0 Å². The van der Waals surface area contributed by atoms with Gasteiger partial charge < -0.3 is 14.2 Å². The molecule has 0 heterocycles. The van der Waals surface area contributed by atoms with E-state index in [1.165, 1.54) is 193 Å². The Morgan fingerprint density at radius 1 is 0.296 bits per heavy atom. The van der Waals surface area contributed by atoms with Crippen molar-refractivity contribution in [3.8, 4) is 0 Å². The van der Waals surface area contributed by atoms with Gasteiger partial charge in [-0.15, -0.1) is 0 Å². The second kappa shape index (κ2) is 59.9. The van der Waals surface area contributed by atoms with Crippen molar-refractivity contribution in [1.82, 2.24) is 0 Å². The third kappa shape index (κ3) is 58.1. The van der Waals surface area contributed by atoms with Gasteiger partial charge in [0.05, 0.1) is 0 Å². The normalized spacial score (nSPS) is 12.3. The van der Waals surface area contributed by atoms with Crippen LogP contribution in [0.1, 0.15) is 329 Å². The first-order chi connectivity index (χ1) is 35.0. The lowest BCUT2D eigenvalue weighted by Gasteiger charge is -2.18. The van der Waals surface area contributed by atoms with Crippen LogP contribution in [0.4, 0.5) is 0 Å². The summed E-state index contributed by atoms with van der Waals surface area (Å²) in [6.07, 6.45) is 74.0. The molecule has 0 fully saturated rings. The standard InChI is InChI=1S/C65H118O6/c1-4-7-10-13-16-19-22-25-27-29-31-32-34-35-37-40-43-46-49-52-55-58-64(67)70-61-62(60-69-63(66)57-54-51-48-45-42-39-24-21-18-15-12-9-6-3)71-65(68)59-56-53-50-47-44-41-38-36-33-30-28-26-23-20-17-14-11-8-5-2/h8,11,17,20,26,28,33,36,62H,4-7,9-10,12-16,18-19,21-25,27,29-32,34-35,37-61H2,1-3H3/b11-8-,20-17-,28-26-,36-33-. The van der Waals surface area contributed by atoms with Gasteiger partial charge in [-0.05, 0) is 57.8 Å². The summed E-state index contributed by atoms with van der Waals surface area (Å²) in [7, 11) is 0. The maximum atomic E-state index is 12.9. The summed E-state index contributed by atoms with van der Waals surface area (Å²) >= 11 is 0. The summed E-state index contributed by atoms with van der Waals surface area (Å²) in [5.41, 5.74) is 0. The maximum Gasteiger partial charge on any atom is 0.306 e. The van der Waals surface area contributed by atoms with Gasteiger partial charge in [0.25, 0.3) is 0 Å². The number of carbonyl (C=O) groups is 3. The third-order valence-corrected chi connectivity index (χ3v) is 13.8. The van der Waals surface area contributed by atoms with Gasteiger partial charge >= 0.3 is 17.9 Å². The van der Waals surface area contributed by atoms with Crippen LogP contribution in [0, 0.1) is 0 Å². The largest absolute Gasteiger partial charge is 0.462 e. The molecule has 414 valence electrons. The molecule has 0 aliphatic heterocycles. The summed E-state index contributed by atoms with van der Waals surface area (Å²) in [5, 5.41) is 0. The maximum absolute atomic E-state index is 12.9. The number of allylic oxidation sites excluding steroid dienone is 8. The van der Waals surface area contributed by atoms with Crippen molar-refractivity contribution in [2.75, 3.05) is 13.2 Å². The first-order valence-electron chi connectivity index (χ1n) is 31.1. The molecule has 0 aliphatic carbocycles. The summed E-state index contributed by atoms with van der Waals surface area (Å²) in [6.45, 7) is 6.57. The Labute approximate surface area is 441 Å². The third-order valence-electron chi connectivity index (χ3n) is 13.8. The topological polar surface area (TPSA) is 78.9 Å². The lowest BCUT2D eigenvalue weighted by molar-refractivity contribution is -0.167. The monoisotopic (exact) mass is 995 g/mol. The molecule has 1 unspecified atom stereocenters. The molecule has 0 aliphatic rings. The second-order valence-corrected chi connectivity index (χ2v) is 21.0. The predicted octanol–water partition coefficient (Wildman–Crippen LogP) is 21.0. The molecule has 0 saturated heterocycles. The van der Waals surface area contributed by atoms with Crippen molar-refractivity contribution >= 4 is 17.9 Å². The molecule has 1 atom stereocenters. The summed E-state index contributed by atoms with van der Waals surface area (Å²) in [6, 6.07) is 0. The van der Waals surface area contributed by atoms with Gasteiger partial charge in [0, 0.05) is 19.3 Å². The van der Waals surface area contributed by atoms with E-state index in [0.29, 0.717) is 19.3 Å². The molecule has 0 aromatic carbocycles. The molecule has 0 radical (unpaired) electrons. The van der Waals surface area contributed by atoms with Crippen LogP contribution in [0.15, 0.2) is 48.6 Å². The van der Waals surface area contributed by atoms with Crippen LogP contribution in [0.5, 0.6) is 0 Å². The molecule has 6 nitrogen and oxygen atoms in total. The Balaban J connectivity index is 4.31. The van der Waals surface area contributed by atoms with Crippen molar-refractivity contribution in [3.63, 3.8) is 0 Å². The minimum atomic E-state index is -0.778. The molecule has 6 heteroatoms. The van der Waals surface area contributed by atoms with Crippen LogP contribution in [-0.2, 0) is 28.6 Å². The number of rotatable bonds is 57. The summed E-state index contributed by atoms with van der Waals surface area (Å²) in [4.78, 5) is 38.3. The van der Waals surface area contributed by atoms with Crippen LogP contribution in [-0.4, -0.2) is 37.2 Å². The fourth-order valence-corrected chi connectivity index (χ4v) is 9.20. The highest BCUT2D eigenvalue weighted by Gasteiger charge is 2.19. The fourth-order valence-electron chi connectivity index (χ4n) is 9.20. The van der Waals surface area contributed by atoms with E-state index in [4.69, 9.17) is 14.2 Å². The summed E-state index contributed by atoms with van der Waals surface area (Å²) < 4.78 is 16.9. The van der Waals surface area contributed by atoms with E-state index in [1.54, 1.807) is 0 Å². The zero-order chi connectivity index (χ0) is 51.4. The summed E-state index contributed by atoms with van der Waals surface area (Å²) in [5.74, 6) is -0.867. The van der Waals surface area contributed by atoms with Crippen molar-refractivity contribution in [2.45, 2.75) is 335 Å². The van der Waals surface area contributed by atoms with Crippen LogP contribution in [0.2, 0.25) is 0 Å². The van der Waals surface area contributed by atoms with Crippen molar-refractivity contribution in [1.29, 1.82) is 0 Å². The van der Waals surface area contributed by atoms with Crippen LogP contribution in [0.25, 0.3) is 0 Å². The van der Waals surface area contributed by atoms with Gasteiger partial charge in [-0.2, -0.15) is 0 Å². The SMILES string of the molecule is CC/C=C\C/C=C\C/C=C\C/C=C\CCCCCCCCC(=O)OC(COC(=O)CCCCCCCCCCCCCCC)COC(=O)CCCCCCCCCCCCCCCCCCCCCCC. The molecule has 0 amide bonds. The van der Waals surface area contributed by atoms with Gasteiger partial charge in [0.15, 0.2) is 6.10 Å². The van der Waals surface area contributed by atoms with Gasteiger partial charge in [-0.1, -0.05) is 301 Å². The number of esters is 3. The number of hydrogen-bond donors (Lipinski definition) is 0. The smallest absolute Gasteiger partial charge is 0.306 e. The van der Waals surface area contributed by atoms with Gasteiger partial charge in [0.1, 0.15) is 13.2 Å². The lowest BCUT2D eigenvalue weighted by atomic mass is 10.0. The van der Waals surface area contributed by atoms with E-state index in [0.717, 1.165) is 96.3 Å². The quantitative estimate of drug-likeness (QED) is 0.0261. The molecule has 0 spiro atoms. The fraction of sp³-hybridized carbons (Fsp3) is 0.831. The van der Waals surface area contributed by atoms with Crippen LogP contribution in [0.3, 0.4) is 0 Å². The van der Waals surface area contributed by atoms with Crippen molar-refractivity contribution < 1.29 is 28.6 Å². The first-order valence-corrected chi connectivity index (χ1v) is 31.1. The van der Waals surface area contributed by atoms with E-state index < -0.39 is 6.10 Å². The number of carbonyl (C=O) groups excluding carboxylic acids is 3. The molecule has 0 rings (SSSR count). The molecular formula is C65H118O6. The number of ether oxygens (including phenoxy) is 3. The van der Waals surface area contributed by atoms with Gasteiger partial charge in [0.2, 0.25) is 0 Å². The zero-order valence-electron chi connectivity index (χ0n) is 47.5. The minimum Gasteiger partial charge on any atom is -0.462 e. The van der Waals surface area contributed by atoms with Crippen molar-refractivity contribution in [3.05, 3.63) is 48.6 Å².